The number of rotatable bonds is 3. The molecule has 8 heteroatoms. The molecule has 0 N–H and O–H groups in total. The molecule has 0 aliphatic heterocycles. The zero-order valence-electron chi connectivity index (χ0n) is 9.98. The molecule has 0 saturated heterocycles. The molecule has 0 bridgehead atoms. The zero-order valence-corrected chi connectivity index (χ0v) is 10.8. The smallest absolute Gasteiger partial charge is 0.259 e. The molecular weight excluding hydrogens is 266 g/mol. The molecule has 0 atom stereocenters. The maximum Gasteiger partial charge on any atom is 0.259 e. The van der Waals surface area contributed by atoms with E-state index in [4.69, 9.17) is 0 Å². The van der Waals surface area contributed by atoms with E-state index in [-0.39, 0.29) is 11.3 Å². The summed E-state index contributed by atoms with van der Waals surface area (Å²) in [5.41, 5.74) is 1.60. The van der Waals surface area contributed by atoms with Crippen molar-refractivity contribution in [3.05, 3.63) is 45.1 Å². The highest BCUT2D eigenvalue weighted by atomic mass is 32.1. The number of aromatic nitrogens is 5. The Morgan fingerprint density at radius 1 is 1.47 bits per heavy atom. The molecule has 0 fully saturated rings. The third-order valence-electron chi connectivity index (χ3n) is 2.63. The highest BCUT2D eigenvalue weighted by Crippen LogP contribution is 2.11. The van der Waals surface area contributed by atoms with E-state index in [1.165, 1.54) is 28.3 Å². The molecule has 3 aromatic heterocycles. The van der Waals surface area contributed by atoms with Gasteiger partial charge in [0.15, 0.2) is 11.2 Å². The molecule has 0 aliphatic rings. The summed E-state index contributed by atoms with van der Waals surface area (Å²) >= 11 is 1.41. The first-order valence-electron chi connectivity index (χ1n) is 5.49. The summed E-state index contributed by atoms with van der Waals surface area (Å²) in [4.78, 5) is 27.5. The van der Waals surface area contributed by atoms with Gasteiger partial charge in [0.2, 0.25) is 0 Å². The Hall–Kier alpha value is -2.35. The number of aldehydes is 1. The molecule has 0 unspecified atom stereocenters. The summed E-state index contributed by atoms with van der Waals surface area (Å²) in [6.45, 7) is 2.17. The van der Waals surface area contributed by atoms with E-state index in [1.807, 2.05) is 12.3 Å². The van der Waals surface area contributed by atoms with Crippen molar-refractivity contribution in [2.24, 2.45) is 0 Å². The number of carbonyl (C=O) groups is 1. The van der Waals surface area contributed by atoms with E-state index in [0.29, 0.717) is 23.5 Å². The van der Waals surface area contributed by atoms with Crippen molar-refractivity contribution in [3.8, 4) is 0 Å². The van der Waals surface area contributed by atoms with Gasteiger partial charge in [0.25, 0.3) is 5.56 Å². The van der Waals surface area contributed by atoms with Crippen LogP contribution in [-0.2, 0) is 6.54 Å². The first-order chi connectivity index (χ1) is 9.17. The topological polar surface area (TPSA) is 82.2 Å². The Kier molecular flexibility index (Phi) is 2.71. The fourth-order valence-corrected chi connectivity index (χ4v) is 2.68. The van der Waals surface area contributed by atoms with Crippen LogP contribution in [0.2, 0.25) is 0 Å². The SMILES string of the molecule is Cc1csc2nc(Cn3cc(C=O)nn3)cc(=O)n12. The van der Waals surface area contributed by atoms with E-state index in [9.17, 15) is 9.59 Å². The molecule has 0 aliphatic carbocycles. The molecule has 0 radical (unpaired) electrons. The quantitative estimate of drug-likeness (QED) is 0.651. The maximum atomic E-state index is 12.0. The Labute approximate surface area is 111 Å². The third-order valence-corrected chi connectivity index (χ3v) is 3.57. The number of hydrogen-bond acceptors (Lipinski definition) is 6. The third kappa shape index (κ3) is 2.06. The lowest BCUT2D eigenvalue weighted by Gasteiger charge is -2.01. The molecule has 3 rings (SSSR count). The second kappa shape index (κ2) is 4.39. The standard InChI is InChI=1S/C11H9N5O2S/c1-7-6-19-11-12-8(2-10(18)16(7)11)3-15-4-9(5-17)13-14-15/h2,4-6H,3H2,1H3. The van der Waals surface area contributed by atoms with E-state index >= 15 is 0 Å². The van der Waals surface area contributed by atoms with Crippen LogP contribution >= 0.6 is 11.3 Å². The monoisotopic (exact) mass is 275 g/mol. The van der Waals surface area contributed by atoms with E-state index < -0.39 is 0 Å². The summed E-state index contributed by atoms with van der Waals surface area (Å²) in [7, 11) is 0. The highest BCUT2D eigenvalue weighted by molar-refractivity contribution is 7.15. The van der Waals surface area contributed by atoms with Crippen molar-refractivity contribution in [1.29, 1.82) is 0 Å². The lowest BCUT2D eigenvalue weighted by atomic mass is 10.4. The molecule has 7 nitrogen and oxygen atoms in total. The molecule has 3 aromatic rings. The Morgan fingerprint density at radius 3 is 3.05 bits per heavy atom. The van der Waals surface area contributed by atoms with Crippen molar-refractivity contribution >= 4 is 22.6 Å². The number of fused-ring (bicyclic) bond motifs is 1. The molecule has 96 valence electrons. The normalized spacial score (nSPS) is 11.0. The van der Waals surface area contributed by atoms with E-state index in [2.05, 4.69) is 15.3 Å². The molecule has 3 heterocycles. The Morgan fingerprint density at radius 2 is 2.32 bits per heavy atom. The predicted octanol–water partition coefficient (Wildman–Crippen LogP) is 0.517. The van der Waals surface area contributed by atoms with Gasteiger partial charge in [0.1, 0.15) is 5.69 Å². The van der Waals surface area contributed by atoms with Crippen LogP contribution in [0.1, 0.15) is 21.9 Å². The number of hydrogen-bond donors (Lipinski definition) is 0. The second-order valence-electron chi connectivity index (χ2n) is 4.04. The van der Waals surface area contributed by atoms with Gasteiger partial charge < -0.3 is 0 Å². The second-order valence-corrected chi connectivity index (χ2v) is 4.88. The molecule has 19 heavy (non-hydrogen) atoms. The molecule has 0 saturated carbocycles. The first kappa shape index (κ1) is 11.7. The van der Waals surface area contributed by atoms with Gasteiger partial charge in [0.05, 0.1) is 18.4 Å². The van der Waals surface area contributed by atoms with Crippen molar-refractivity contribution in [3.63, 3.8) is 0 Å². The lowest BCUT2D eigenvalue weighted by molar-refractivity contribution is 0.111. The van der Waals surface area contributed by atoms with Gasteiger partial charge in [-0.15, -0.1) is 16.4 Å². The maximum absolute atomic E-state index is 12.0. The van der Waals surface area contributed by atoms with Gasteiger partial charge >= 0.3 is 0 Å². The summed E-state index contributed by atoms with van der Waals surface area (Å²) < 4.78 is 3.04. The van der Waals surface area contributed by atoms with Crippen LogP contribution < -0.4 is 5.56 Å². The first-order valence-corrected chi connectivity index (χ1v) is 6.37. The summed E-state index contributed by atoms with van der Waals surface area (Å²) in [6, 6.07) is 1.47. The molecule has 0 amide bonds. The number of carbonyl (C=O) groups excluding carboxylic acids is 1. The van der Waals surface area contributed by atoms with Crippen LogP contribution in [0.4, 0.5) is 0 Å². The number of thiazole rings is 1. The molecule has 0 spiro atoms. The number of aryl methyl sites for hydroxylation is 1. The van der Waals surface area contributed by atoms with Gasteiger partial charge in [-0.05, 0) is 6.92 Å². The van der Waals surface area contributed by atoms with Crippen molar-refractivity contribution in [2.75, 3.05) is 0 Å². The zero-order chi connectivity index (χ0) is 13.4. The van der Waals surface area contributed by atoms with Crippen LogP contribution in [0.15, 0.2) is 22.4 Å². The minimum atomic E-state index is -0.116. The van der Waals surface area contributed by atoms with Crippen molar-refractivity contribution in [2.45, 2.75) is 13.5 Å². The van der Waals surface area contributed by atoms with Crippen molar-refractivity contribution in [1.82, 2.24) is 24.4 Å². The fraction of sp³-hybridized carbons (Fsp3) is 0.182. The molecule has 0 aromatic carbocycles. The fourth-order valence-electron chi connectivity index (χ4n) is 1.79. The molecular formula is C11H9N5O2S. The average Bonchev–Trinajstić information content (AvgIpc) is 2.97. The van der Waals surface area contributed by atoms with Gasteiger partial charge in [-0.25, -0.2) is 9.67 Å². The van der Waals surface area contributed by atoms with Gasteiger partial charge in [0, 0.05) is 17.1 Å². The van der Waals surface area contributed by atoms with Crippen LogP contribution in [-0.4, -0.2) is 30.7 Å². The Balaban J connectivity index is 2.01. The van der Waals surface area contributed by atoms with Crippen LogP contribution in [0.5, 0.6) is 0 Å². The van der Waals surface area contributed by atoms with Crippen LogP contribution in [0, 0.1) is 6.92 Å². The van der Waals surface area contributed by atoms with Gasteiger partial charge in [-0.3, -0.25) is 14.0 Å². The van der Waals surface area contributed by atoms with Gasteiger partial charge in [-0.1, -0.05) is 5.21 Å². The lowest BCUT2D eigenvalue weighted by Crippen LogP contribution is -2.16. The van der Waals surface area contributed by atoms with Crippen molar-refractivity contribution < 1.29 is 4.79 Å². The Bertz CT molecular complexity index is 816. The highest BCUT2D eigenvalue weighted by Gasteiger charge is 2.07. The average molecular weight is 275 g/mol. The predicted molar refractivity (Wildman–Crippen MR) is 68.6 cm³/mol. The summed E-state index contributed by atoms with van der Waals surface area (Å²) in [6.07, 6.45) is 2.13. The van der Waals surface area contributed by atoms with Gasteiger partial charge in [-0.2, -0.15) is 0 Å². The van der Waals surface area contributed by atoms with Crippen LogP contribution in [0.3, 0.4) is 0 Å². The minimum Gasteiger partial charge on any atom is -0.296 e. The summed E-state index contributed by atoms with van der Waals surface area (Å²) in [5.74, 6) is 0. The van der Waals surface area contributed by atoms with Crippen LogP contribution in [0.25, 0.3) is 4.96 Å². The van der Waals surface area contributed by atoms with E-state index in [1.54, 1.807) is 4.40 Å². The van der Waals surface area contributed by atoms with E-state index in [0.717, 1.165) is 5.69 Å². The number of nitrogens with zero attached hydrogens (tertiary/aromatic N) is 5. The summed E-state index contributed by atoms with van der Waals surface area (Å²) in [5, 5.41) is 9.33. The largest absolute Gasteiger partial charge is 0.296 e. The minimum absolute atomic E-state index is 0.116.